The van der Waals surface area contributed by atoms with E-state index < -0.39 is 11.7 Å². The van der Waals surface area contributed by atoms with Crippen molar-refractivity contribution in [1.29, 1.82) is 0 Å². The van der Waals surface area contributed by atoms with Crippen LogP contribution < -0.4 is 10.6 Å². The Morgan fingerprint density at radius 3 is 2.56 bits per heavy atom. The van der Waals surface area contributed by atoms with E-state index in [0.717, 1.165) is 12.5 Å². The van der Waals surface area contributed by atoms with Crippen LogP contribution in [0.25, 0.3) is 0 Å². The standard InChI is InChI=1S/C13H17F3N2/c1-9(17)10-6-7-18(8-10)12-5-3-2-4-11(12)13(14,15)16/h2-5,9-10H,6-8,17H2,1H3. The van der Waals surface area contributed by atoms with Gasteiger partial charge in [0.25, 0.3) is 0 Å². The number of hydrogen-bond donors (Lipinski definition) is 1. The van der Waals surface area contributed by atoms with E-state index >= 15 is 0 Å². The topological polar surface area (TPSA) is 29.3 Å². The molecule has 5 heteroatoms. The van der Waals surface area contributed by atoms with Crippen LogP contribution in [0.4, 0.5) is 18.9 Å². The molecule has 0 radical (unpaired) electrons. The van der Waals surface area contributed by atoms with Gasteiger partial charge < -0.3 is 10.6 Å². The zero-order valence-electron chi connectivity index (χ0n) is 10.2. The van der Waals surface area contributed by atoms with Gasteiger partial charge in [0, 0.05) is 24.8 Å². The van der Waals surface area contributed by atoms with Gasteiger partial charge in [-0.25, -0.2) is 0 Å². The van der Waals surface area contributed by atoms with E-state index in [1.807, 2.05) is 6.92 Å². The van der Waals surface area contributed by atoms with Gasteiger partial charge in [-0.2, -0.15) is 13.2 Å². The van der Waals surface area contributed by atoms with Crippen LogP contribution in [0.1, 0.15) is 18.9 Å². The van der Waals surface area contributed by atoms with Crippen LogP contribution in [0.3, 0.4) is 0 Å². The molecule has 0 aliphatic carbocycles. The van der Waals surface area contributed by atoms with Gasteiger partial charge >= 0.3 is 6.18 Å². The second kappa shape index (κ2) is 4.80. The van der Waals surface area contributed by atoms with Crippen molar-refractivity contribution in [2.45, 2.75) is 25.6 Å². The first-order valence-electron chi connectivity index (χ1n) is 6.06. The maximum Gasteiger partial charge on any atom is 0.418 e. The summed E-state index contributed by atoms with van der Waals surface area (Å²) in [5.41, 5.74) is 5.52. The number of para-hydroxylation sites is 1. The van der Waals surface area contributed by atoms with Gasteiger partial charge in [-0.05, 0) is 31.4 Å². The number of nitrogens with zero attached hydrogens (tertiary/aromatic N) is 1. The molecule has 0 aromatic heterocycles. The molecule has 2 unspecified atom stereocenters. The predicted octanol–water partition coefficient (Wildman–Crippen LogP) is 2.88. The third-order valence-corrected chi connectivity index (χ3v) is 3.52. The predicted molar refractivity (Wildman–Crippen MR) is 65.4 cm³/mol. The Morgan fingerprint density at radius 2 is 2.00 bits per heavy atom. The molecule has 1 fully saturated rings. The van der Waals surface area contributed by atoms with Crippen molar-refractivity contribution in [3.63, 3.8) is 0 Å². The molecule has 1 saturated heterocycles. The summed E-state index contributed by atoms with van der Waals surface area (Å²) in [6.07, 6.45) is -3.45. The number of benzene rings is 1. The van der Waals surface area contributed by atoms with E-state index in [2.05, 4.69) is 0 Å². The quantitative estimate of drug-likeness (QED) is 0.883. The van der Waals surface area contributed by atoms with Crippen molar-refractivity contribution in [1.82, 2.24) is 0 Å². The van der Waals surface area contributed by atoms with Crippen molar-refractivity contribution >= 4 is 5.69 Å². The molecule has 0 amide bonds. The molecule has 2 atom stereocenters. The maximum atomic E-state index is 12.9. The summed E-state index contributed by atoms with van der Waals surface area (Å²) in [6, 6.07) is 5.75. The van der Waals surface area contributed by atoms with Gasteiger partial charge in [0.15, 0.2) is 0 Å². The fourth-order valence-corrected chi connectivity index (χ4v) is 2.42. The van der Waals surface area contributed by atoms with Crippen LogP contribution in [0.5, 0.6) is 0 Å². The summed E-state index contributed by atoms with van der Waals surface area (Å²) in [6.45, 7) is 3.15. The minimum absolute atomic E-state index is 0.0213. The van der Waals surface area contributed by atoms with E-state index in [-0.39, 0.29) is 17.6 Å². The van der Waals surface area contributed by atoms with Crippen molar-refractivity contribution in [2.75, 3.05) is 18.0 Å². The summed E-state index contributed by atoms with van der Waals surface area (Å²) < 4.78 is 38.7. The Kier molecular flexibility index (Phi) is 3.52. The highest BCUT2D eigenvalue weighted by Gasteiger charge is 2.36. The highest BCUT2D eigenvalue weighted by atomic mass is 19.4. The van der Waals surface area contributed by atoms with Crippen LogP contribution in [0.2, 0.25) is 0 Å². The van der Waals surface area contributed by atoms with E-state index in [1.54, 1.807) is 11.0 Å². The van der Waals surface area contributed by atoms with Gasteiger partial charge in [0.1, 0.15) is 0 Å². The third kappa shape index (κ3) is 2.61. The molecule has 0 bridgehead atoms. The molecule has 1 heterocycles. The van der Waals surface area contributed by atoms with Gasteiger partial charge in [-0.3, -0.25) is 0 Å². The molecule has 1 aliphatic heterocycles. The molecular weight excluding hydrogens is 241 g/mol. The monoisotopic (exact) mass is 258 g/mol. The molecule has 18 heavy (non-hydrogen) atoms. The summed E-state index contributed by atoms with van der Waals surface area (Å²) in [7, 11) is 0. The number of anilines is 1. The SMILES string of the molecule is CC(N)C1CCN(c2ccccc2C(F)(F)F)C1. The van der Waals surface area contributed by atoms with E-state index in [1.165, 1.54) is 12.1 Å². The average Bonchev–Trinajstić information content (AvgIpc) is 2.77. The Labute approximate surface area is 105 Å². The van der Waals surface area contributed by atoms with E-state index in [9.17, 15) is 13.2 Å². The molecule has 2 N–H and O–H groups in total. The number of rotatable bonds is 2. The highest BCUT2D eigenvalue weighted by Crippen LogP contribution is 2.38. The molecule has 0 spiro atoms. The van der Waals surface area contributed by atoms with Gasteiger partial charge in [0.05, 0.1) is 5.56 Å². The second-order valence-electron chi connectivity index (χ2n) is 4.87. The summed E-state index contributed by atoms with van der Waals surface area (Å²) >= 11 is 0. The zero-order valence-corrected chi connectivity index (χ0v) is 10.2. The van der Waals surface area contributed by atoms with Crippen LogP contribution in [0, 0.1) is 5.92 Å². The van der Waals surface area contributed by atoms with Gasteiger partial charge in [0.2, 0.25) is 0 Å². The maximum absolute atomic E-state index is 12.9. The summed E-state index contributed by atoms with van der Waals surface area (Å²) in [5.74, 6) is 0.270. The normalized spacial score (nSPS) is 22.3. The lowest BCUT2D eigenvalue weighted by atomic mass is 10.0. The molecule has 1 aromatic carbocycles. The minimum Gasteiger partial charge on any atom is -0.371 e. The van der Waals surface area contributed by atoms with Crippen molar-refractivity contribution in [3.05, 3.63) is 29.8 Å². The highest BCUT2D eigenvalue weighted by molar-refractivity contribution is 5.55. The first-order chi connectivity index (χ1) is 8.39. The van der Waals surface area contributed by atoms with Crippen LogP contribution in [-0.4, -0.2) is 19.1 Å². The van der Waals surface area contributed by atoms with Crippen molar-refractivity contribution in [3.8, 4) is 0 Å². The number of nitrogens with two attached hydrogens (primary N) is 1. The van der Waals surface area contributed by atoms with Gasteiger partial charge in [-0.1, -0.05) is 12.1 Å². The zero-order chi connectivity index (χ0) is 13.3. The van der Waals surface area contributed by atoms with Crippen LogP contribution in [-0.2, 0) is 6.18 Å². The van der Waals surface area contributed by atoms with Crippen LogP contribution in [0.15, 0.2) is 24.3 Å². The molecule has 0 saturated carbocycles. The average molecular weight is 258 g/mol. The lowest BCUT2D eigenvalue weighted by Gasteiger charge is -2.23. The first kappa shape index (κ1) is 13.2. The largest absolute Gasteiger partial charge is 0.418 e. The number of hydrogen-bond acceptors (Lipinski definition) is 2. The van der Waals surface area contributed by atoms with Crippen molar-refractivity contribution in [2.24, 2.45) is 11.7 Å². The minimum atomic E-state index is -4.30. The summed E-state index contributed by atoms with van der Waals surface area (Å²) in [4.78, 5) is 1.79. The smallest absolute Gasteiger partial charge is 0.371 e. The molecule has 2 rings (SSSR count). The summed E-state index contributed by atoms with van der Waals surface area (Å²) in [5, 5.41) is 0. The lowest BCUT2D eigenvalue weighted by molar-refractivity contribution is -0.137. The second-order valence-corrected chi connectivity index (χ2v) is 4.87. The molecule has 1 aliphatic rings. The number of alkyl halides is 3. The lowest BCUT2D eigenvalue weighted by Crippen LogP contribution is -2.30. The fourth-order valence-electron chi connectivity index (χ4n) is 2.42. The molecule has 2 nitrogen and oxygen atoms in total. The molecule has 1 aromatic rings. The Balaban J connectivity index is 2.25. The Morgan fingerprint density at radius 1 is 1.33 bits per heavy atom. The molecule has 100 valence electrons. The Hall–Kier alpha value is -1.23. The third-order valence-electron chi connectivity index (χ3n) is 3.52. The molecular formula is C13H17F3N2. The van der Waals surface area contributed by atoms with E-state index in [4.69, 9.17) is 5.73 Å². The van der Waals surface area contributed by atoms with Crippen molar-refractivity contribution < 1.29 is 13.2 Å². The fraction of sp³-hybridized carbons (Fsp3) is 0.538. The first-order valence-corrected chi connectivity index (χ1v) is 6.06. The van der Waals surface area contributed by atoms with Crippen LogP contribution >= 0.6 is 0 Å². The Bertz CT molecular complexity index is 415. The number of halogens is 3. The van der Waals surface area contributed by atoms with Gasteiger partial charge in [-0.15, -0.1) is 0 Å². The van der Waals surface area contributed by atoms with E-state index in [0.29, 0.717) is 13.1 Å².